The Morgan fingerprint density at radius 1 is 1.40 bits per heavy atom. The zero-order valence-corrected chi connectivity index (χ0v) is 11.5. The van der Waals surface area contributed by atoms with Gasteiger partial charge in [0.15, 0.2) is 0 Å². The van der Waals surface area contributed by atoms with Crippen molar-refractivity contribution in [2.24, 2.45) is 11.3 Å². The number of halogens is 1. The van der Waals surface area contributed by atoms with Gasteiger partial charge in [-0.1, -0.05) is 20.8 Å². The summed E-state index contributed by atoms with van der Waals surface area (Å²) >= 11 is 6.05. The van der Waals surface area contributed by atoms with E-state index in [1.807, 2.05) is 0 Å². The summed E-state index contributed by atoms with van der Waals surface area (Å²) in [6, 6.07) is 0. The SMILES string of the molecule is CC1(C)CCC(CC(CCl)C(C)(C)C)O1. The Morgan fingerprint density at radius 3 is 2.33 bits per heavy atom. The molecule has 0 aromatic carbocycles. The third kappa shape index (κ3) is 3.96. The summed E-state index contributed by atoms with van der Waals surface area (Å²) in [5, 5.41) is 0. The average Bonchev–Trinajstić information content (AvgIpc) is 2.39. The maximum absolute atomic E-state index is 6.05. The molecule has 2 unspecified atom stereocenters. The van der Waals surface area contributed by atoms with Crippen LogP contribution in [0.4, 0.5) is 0 Å². The predicted molar refractivity (Wildman–Crippen MR) is 66.5 cm³/mol. The van der Waals surface area contributed by atoms with Gasteiger partial charge < -0.3 is 4.74 Å². The Kier molecular flexibility index (Phi) is 4.11. The topological polar surface area (TPSA) is 9.23 Å². The van der Waals surface area contributed by atoms with Crippen molar-refractivity contribution in [3.05, 3.63) is 0 Å². The van der Waals surface area contributed by atoms with E-state index in [1.165, 1.54) is 12.8 Å². The van der Waals surface area contributed by atoms with Gasteiger partial charge in [0.05, 0.1) is 11.7 Å². The minimum absolute atomic E-state index is 0.0828. The third-order valence-electron chi connectivity index (χ3n) is 3.51. The van der Waals surface area contributed by atoms with Crippen LogP contribution in [0.3, 0.4) is 0 Å². The molecule has 1 aliphatic heterocycles. The van der Waals surface area contributed by atoms with E-state index in [9.17, 15) is 0 Å². The summed E-state index contributed by atoms with van der Waals surface area (Å²) in [7, 11) is 0. The molecule has 0 N–H and O–H groups in total. The maximum atomic E-state index is 6.05. The summed E-state index contributed by atoms with van der Waals surface area (Å²) in [4.78, 5) is 0. The lowest BCUT2D eigenvalue weighted by molar-refractivity contribution is -0.0297. The third-order valence-corrected chi connectivity index (χ3v) is 3.89. The van der Waals surface area contributed by atoms with Gasteiger partial charge in [-0.05, 0) is 44.4 Å². The normalized spacial score (nSPS) is 28.0. The molecular formula is C13H25ClO. The minimum atomic E-state index is 0.0828. The molecule has 1 heterocycles. The monoisotopic (exact) mass is 232 g/mol. The lowest BCUT2D eigenvalue weighted by Crippen LogP contribution is -2.28. The highest BCUT2D eigenvalue weighted by Crippen LogP contribution is 2.37. The van der Waals surface area contributed by atoms with Gasteiger partial charge in [0.2, 0.25) is 0 Å². The van der Waals surface area contributed by atoms with E-state index < -0.39 is 0 Å². The highest BCUT2D eigenvalue weighted by molar-refractivity contribution is 6.18. The van der Waals surface area contributed by atoms with Gasteiger partial charge in [0, 0.05) is 5.88 Å². The molecule has 0 saturated carbocycles. The zero-order valence-electron chi connectivity index (χ0n) is 10.8. The molecule has 0 spiro atoms. The molecule has 1 nitrogen and oxygen atoms in total. The molecule has 0 aliphatic carbocycles. The molecular weight excluding hydrogens is 208 g/mol. The van der Waals surface area contributed by atoms with Crippen LogP contribution in [0.15, 0.2) is 0 Å². The van der Waals surface area contributed by atoms with Crippen LogP contribution >= 0.6 is 11.6 Å². The van der Waals surface area contributed by atoms with E-state index in [4.69, 9.17) is 16.3 Å². The first-order valence-corrected chi connectivity index (χ1v) is 6.52. The molecule has 2 atom stereocenters. The highest BCUT2D eigenvalue weighted by atomic mass is 35.5. The Bertz CT molecular complexity index is 205. The smallest absolute Gasteiger partial charge is 0.0631 e. The number of hydrogen-bond donors (Lipinski definition) is 0. The zero-order chi connectivity index (χ0) is 11.7. The summed E-state index contributed by atoms with van der Waals surface area (Å²) in [5.74, 6) is 1.29. The van der Waals surface area contributed by atoms with E-state index in [-0.39, 0.29) is 11.0 Å². The molecule has 15 heavy (non-hydrogen) atoms. The first kappa shape index (κ1) is 13.3. The van der Waals surface area contributed by atoms with Crippen LogP contribution in [-0.4, -0.2) is 17.6 Å². The predicted octanol–water partition coefficient (Wildman–Crippen LogP) is 4.24. The molecule has 0 amide bonds. The van der Waals surface area contributed by atoms with Gasteiger partial charge in [-0.15, -0.1) is 11.6 Å². The van der Waals surface area contributed by atoms with Gasteiger partial charge in [0.1, 0.15) is 0 Å². The number of ether oxygens (including phenoxy) is 1. The summed E-state index contributed by atoms with van der Waals surface area (Å²) < 4.78 is 6.02. The van der Waals surface area contributed by atoms with Gasteiger partial charge in [0.25, 0.3) is 0 Å². The maximum Gasteiger partial charge on any atom is 0.0631 e. The fourth-order valence-electron chi connectivity index (χ4n) is 2.21. The van der Waals surface area contributed by atoms with Crippen LogP contribution in [-0.2, 0) is 4.74 Å². The van der Waals surface area contributed by atoms with E-state index in [1.54, 1.807) is 0 Å². The van der Waals surface area contributed by atoms with Gasteiger partial charge in [-0.2, -0.15) is 0 Å². The summed E-state index contributed by atoms with van der Waals surface area (Å²) in [6.07, 6.45) is 3.90. The van der Waals surface area contributed by atoms with Crippen LogP contribution in [0.2, 0.25) is 0 Å². The fraction of sp³-hybridized carbons (Fsp3) is 1.00. The van der Waals surface area contributed by atoms with E-state index in [2.05, 4.69) is 34.6 Å². The van der Waals surface area contributed by atoms with Crippen LogP contribution in [0.1, 0.15) is 53.9 Å². The molecule has 0 aromatic heterocycles. The number of alkyl halides is 1. The van der Waals surface area contributed by atoms with Crippen LogP contribution in [0, 0.1) is 11.3 Å². The van der Waals surface area contributed by atoms with Gasteiger partial charge >= 0.3 is 0 Å². The second kappa shape index (κ2) is 4.63. The van der Waals surface area contributed by atoms with Crippen LogP contribution in [0.25, 0.3) is 0 Å². The molecule has 0 aromatic rings. The summed E-state index contributed by atoms with van der Waals surface area (Å²) in [5.41, 5.74) is 0.372. The first-order valence-electron chi connectivity index (χ1n) is 5.98. The van der Waals surface area contributed by atoms with Gasteiger partial charge in [-0.25, -0.2) is 0 Å². The van der Waals surface area contributed by atoms with Crippen molar-refractivity contribution in [2.75, 3.05) is 5.88 Å². The Morgan fingerprint density at radius 2 is 2.00 bits per heavy atom. The molecule has 1 rings (SSSR count). The molecule has 2 heteroatoms. The van der Waals surface area contributed by atoms with Gasteiger partial charge in [-0.3, -0.25) is 0 Å². The minimum Gasteiger partial charge on any atom is -0.372 e. The second-order valence-electron chi connectivity index (χ2n) is 6.49. The van der Waals surface area contributed by atoms with E-state index >= 15 is 0 Å². The number of rotatable bonds is 3. The van der Waals surface area contributed by atoms with E-state index in [0.717, 1.165) is 12.3 Å². The molecule has 1 saturated heterocycles. The van der Waals surface area contributed by atoms with Crippen molar-refractivity contribution in [1.29, 1.82) is 0 Å². The molecule has 0 bridgehead atoms. The molecule has 1 aliphatic rings. The van der Waals surface area contributed by atoms with Crippen molar-refractivity contribution < 1.29 is 4.74 Å². The van der Waals surface area contributed by atoms with Crippen LogP contribution in [0.5, 0.6) is 0 Å². The standard InChI is InChI=1S/C13H25ClO/c1-12(2,3)10(9-14)8-11-6-7-13(4,5)15-11/h10-11H,6-9H2,1-5H3. The Hall–Kier alpha value is 0.250. The lowest BCUT2D eigenvalue weighted by atomic mass is 9.78. The second-order valence-corrected chi connectivity index (χ2v) is 6.80. The highest BCUT2D eigenvalue weighted by Gasteiger charge is 2.35. The fourth-order valence-corrected chi connectivity index (χ4v) is 2.80. The lowest BCUT2D eigenvalue weighted by Gasteiger charge is -2.31. The quantitative estimate of drug-likeness (QED) is 0.662. The summed E-state index contributed by atoms with van der Waals surface area (Å²) in [6.45, 7) is 11.2. The van der Waals surface area contributed by atoms with E-state index in [0.29, 0.717) is 12.0 Å². The van der Waals surface area contributed by atoms with Crippen LogP contribution < -0.4 is 0 Å². The Labute approximate surface area is 99.5 Å². The van der Waals surface area contributed by atoms with Crippen molar-refractivity contribution in [1.82, 2.24) is 0 Å². The van der Waals surface area contributed by atoms with Crippen molar-refractivity contribution >= 4 is 11.6 Å². The molecule has 90 valence electrons. The Balaban J connectivity index is 2.48. The molecule has 0 radical (unpaired) electrons. The average molecular weight is 233 g/mol. The van der Waals surface area contributed by atoms with Crippen molar-refractivity contribution in [3.8, 4) is 0 Å². The van der Waals surface area contributed by atoms with Crippen molar-refractivity contribution in [2.45, 2.75) is 65.6 Å². The first-order chi connectivity index (χ1) is 6.74. The molecule has 1 fully saturated rings. The largest absolute Gasteiger partial charge is 0.372 e. The van der Waals surface area contributed by atoms with Crippen molar-refractivity contribution in [3.63, 3.8) is 0 Å². The number of hydrogen-bond acceptors (Lipinski definition) is 1.